The summed E-state index contributed by atoms with van der Waals surface area (Å²) in [6.07, 6.45) is 6.60. The van der Waals surface area contributed by atoms with Crippen molar-refractivity contribution in [2.75, 3.05) is 13.6 Å². The van der Waals surface area contributed by atoms with E-state index in [1.54, 1.807) is 18.2 Å². The molecule has 1 aromatic rings. The van der Waals surface area contributed by atoms with Crippen molar-refractivity contribution in [1.82, 2.24) is 9.80 Å². The van der Waals surface area contributed by atoms with Crippen molar-refractivity contribution in [2.24, 2.45) is 0 Å². The molecule has 0 unspecified atom stereocenters. The molecule has 0 radical (unpaired) electrons. The zero-order chi connectivity index (χ0) is 26.6. The van der Waals surface area contributed by atoms with Crippen LogP contribution in [0.3, 0.4) is 0 Å². The SMILES string of the molecule is CCC[CH2][Sn]([C]#CC[C@@H]1CN(C(=O)N(C)Cc2ccccc2[N+](=O)[O-])C(=O)O1)([CH2]CCC)[CH2]CCC. The Morgan fingerprint density at radius 1 is 1.14 bits per heavy atom. The normalized spacial score (nSPS) is 15.3. The number of para-hydroxylation sites is 1. The summed E-state index contributed by atoms with van der Waals surface area (Å²) in [5.74, 6) is 3.40. The summed E-state index contributed by atoms with van der Waals surface area (Å²) in [5.41, 5.74) is 0.349. The van der Waals surface area contributed by atoms with Gasteiger partial charge in [0, 0.05) is 0 Å². The Labute approximate surface area is 219 Å². The molecule has 198 valence electrons. The van der Waals surface area contributed by atoms with Crippen LogP contribution in [0.15, 0.2) is 24.3 Å². The summed E-state index contributed by atoms with van der Waals surface area (Å²) < 4.78 is 13.1. The van der Waals surface area contributed by atoms with E-state index in [1.165, 1.54) is 69.8 Å². The van der Waals surface area contributed by atoms with E-state index in [4.69, 9.17) is 4.74 Å². The first kappa shape index (κ1) is 29.9. The Kier molecular flexibility index (Phi) is 12.5. The van der Waals surface area contributed by atoms with E-state index in [0.29, 0.717) is 12.0 Å². The number of imide groups is 1. The Morgan fingerprint density at radius 3 is 2.28 bits per heavy atom. The van der Waals surface area contributed by atoms with E-state index in [0.717, 1.165) is 4.90 Å². The van der Waals surface area contributed by atoms with E-state index >= 15 is 0 Å². The number of carbonyl (C=O) groups excluding carboxylic acids is 2. The Hall–Kier alpha value is -2.28. The van der Waals surface area contributed by atoms with Gasteiger partial charge in [0.05, 0.1) is 0 Å². The number of nitro benzene ring substituents is 1. The second-order valence-corrected chi connectivity index (χ2v) is 22.0. The molecule has 9 heteroatoms. The van der Waals surface area contributed by atoms with Crippen molar-refractivity contribution in [1.29, 1.82) is 0 Å². The van der Waals surface area contributed by atoms with Crippen molar-refractivity contribution in [3.8, 4) is 9.86 Å². The molecule has 1 aliphatic rings. The summed E-state index contributed by atoms with van der Waals surface area (Å²) >= 11 is -2.58. The van der Waals surface area contributed by atoms with Crippen LogP contribution >= 0.6 is 0 Å². The van der Waals surface area contributed by atoms with Gasteiger partial charge in [0.1, 0.15) is 0 Å². The van der Waals surface area contributed by atoms with Crippen LogP contribution in [0, 0.1) is 20.0 Å². The number of ether oxygens (including phenoxy) is 1. The van der Waals surface area contributed by atoms with Gasteiger partial charge in [-0.3, -0.25) is 10.1 Å². The molecule has 0 saturated carbocycles. The van der Waals surface area contributed by atoms with Crippen LogP contribution in [0.25, 0.3) is 0 Å². The predicted molar refractivity (Wildman–Crippen MR) is 144 cm³/mol. The van der Waals surface area contributed by atoms with Crippen molar-refractivity contribution in [3.05, 3.63) is 39.9 Å². The topological polar surface area (TPSA) is 93.0 Å². The van der Waals surface area contributed by atoms with Gasteiger partial charge in [-0.15, -0.1) is 0 Å². The Balaban J connectivity index is 2.05. The van der Waals surface area contributed by atoms with Gasteiger partial charge in [0.2, 0.25) is 0 Å². The standard InChI is InChI=1S/C15H14N3O5.3C4H9.Sn/c1-3-6-12-10-17(15(20)23-12)14(19)16(2)9-11-7-4-5-8-13(11)18(21)22;3*1-3-4-2;/h4-5,7-8,12H,6,9-10H2,2H3;3*1,3-4H2,2H3;/t12-;;;;/m1..../s1. The fourth-order valence-electron chi connectivity index (χ4n) is 4.60. The summed E-state index contributed by atoms with van der Waals surface area (Å²) in [6.45, 7) is 6.88. The number of hydrogen-bond donors (Lipinski definition) is 0. The van der Waals surface area contributed by atoms with E-state index in [1.807, 2.05) is 0 Å². The fourth-order valence-corrected chi connectivity index (χ4v) is 18.0. The third-order valence-electron chi connectivity index (χ3n) is 6.74. The van der Waals surface area contributed by atoms with E-state index in [2.05, 4.69) is 30.6 Å². The Bertz CT molecular complexity index is 936. The molecule has 1 heterocycles. The molecule has 0 aromatic heterocycles. The summed E-state index contributed by atoms with van der Waals surface area (Å²) in [5, 5.41) is 11.3. The van der Waals surface area contributed by atoms with Gasteiger partial charge in [0.25, 0.3) is 0 Å². The van der Waals surface area contributed by atoms with Crippen molar-refractivity contribution in [3.63, 3.8) is 0 Å². The molecular weight excluding hydrogens is 565 g/mol. The molecule has 1 aromatic carbocycles. The number of rotatable bonds is 13. The summed E-state index contributed by atoms with van der Waals surface area (Å²) in [4.78, 5) is 38.6. The molecule has 0 bridgehead atoms. The number of urea groups is 1. The van der Waals surface area contributed by atoms with E-state index in [-0.39, 0.29) is 18.8 Å². The van der Waals surface area contributed by atoms with Crippen LogP contribution in [-0.4, -0.2) is 64.9 Å². The molecule has 0 N–H and O–H groups in total. The van der Waals surface area contributed by atoms with Gasteiger partial charge in [-0.25, -0.2) is 0 Å². The summed E-state index contributed by atoms with van der Waals surface area (Å²) in [7, 11) is 1.53. The minimum atomic E-state index is -2.58. The van der Waals surface area contributed by atoms with E-state index in [9.17, 15) is 19.7 Å². The second kappa shape index (κ2) is 15.1. The van der Waals surface area contributed by atoms with Gasteiger partial charge < -0.3 is 0 Å². The van der Waals surface area contributed by atoms with Gasteiger partial charge in [-0.05, 0) is 0 Å². The average Bonchev–Trinajstić information content (AvgIpc) is 3.24. The molecule has 3 amide bonds. The number of nitro groups is 1. The van der Waals surface area contributed by atoms with Crippen LogP contribution in [-0.2, 0) is 11.3 Å². The van der Waals surface area contributed by atoms with E-state index < -0.39 is 41.5 Å². The molecule has 0 spiro atoms. The van der Waals surface area contributed by atoms with Crippen LogP contribution < -0.4 is 0 Å². The number of amides is 3. The zero-order valence-electron chi connectivity index (χ0n) is 22.3. The molecule has 1 saturated heterocycles. The van der Waals surface area contributed by atoms with Crippen molar-refractivity contribution in [2.45, 2.75) is 91.7 Å². The monoisotopic (exact) mass is 607 g/mol. The number of benzene rings is 1. The van der Waals surface area contributed by atoms with Crippen molar-refractivity contribution < 1.29 is 19.2 Å². The quantitative estimate of drug-likeness (QED) is 0.107. The molecular formula is C27H41N3O5Sn. The number of nitrogens with zero attached hydrogens (tertiary/aromatic N) is 3. The molecule has 2 rings (SSSR count). The van der Waals surface area contributed by atoms with Crippen LogP contribution in [0.4, 0.5) is 15.3 Å². The third-order valence-corrected chi connectivity index (χ3v) is 20.0. The van der Waals surface area contributed by atoms with Crippen LogP contribution in [0.1, 0.15) is 71.3 Å². The average molecular weight is 606 g/mol. The fraction of sp³-hybridized carbons (Fsp3) is 0.630. The third kappa shape index (κ3) is 8.68. The zero-order valence-corrected chi connectivity index (χ0v) is 25.1. The van der Waals surface area contributed by atoms with Crippen LogP contribution in [0.5, 0.6) is 0 Å². The number of unbranched alkanes of at least 4 members (excludes halogenated alkanes) is 3. The molecule has 1 aliphatic heterocycles. The number of hydrogen-bond acceptors (Lipinski definition) is 5. The first-order chi connectivity index (χ1) is 17.3. The second-order valence-electron chi connectivity index (χ2n) is 9.74. The summed E-state index contributed by atoms with van der Waals surface area (Å²) in [6, 6.07) is 5.75. The van der Waals surface area contributed by atoms with Gasteiger partial charge >= 0.3 is 204 Å². The first-order valence-corrected chi connectivity index (χ1v) is 20.7. The predicted octanol–water partition coefficient (Wildman–Crippen LogP) is 6.75. The molecule has 1 atom stereocenters. The maximum atomic E-state index is 12.9. The molecule has 1 fully saturated rings. The first-order valence-electron chi connectivity index (χ1n) is 13.2. The van der Waals surface area contributed by atoms with Gasteiger partial charge in [-0.2, -0.15) is 0 Å². The Morgan fingerprint density at radius 2 is 1.72 bits per heavy atom. The number of cyclic esters (lactones) is 1. The molecule has 0 aliphatic carbocycles. The van der Waals surface area contributed by atoms with Crippen molar-refractivity contribution >= 4 is 36.2 Å². The maximum absolute atomic E-state index is 12.9. The molecule has 8 nitrogen and oxygen atoms in total. The number of carbonyl (C=O) groups is 2. The molecule has 36 heavy (non-hydrogen) atoms. The van der Waals surface area contributed by atoms with Gasteiger partial charge in [-0.1, -0.05) is 6.07 Å². The van der Waals surface area contributed by atoms with Gasteiger partial charge in [0.15, 0.2) is 0 Å². The van der Waals surface area contributed by atoms with Crippen LogP contribution in [0.2, 0.25) is 13.3 Å². The minimum absolute atomic E-state index is 0.0213.